The van der Waals surface area contributed by atoms with E-state index < -0.39 is 0 Å². The highest BCUT2D eigenvalue weighted by Gasteiger charge is 2.37. The minimum absolute atomic E-state index is 0.0411. The van der Waals surface area contributed by atoms with Crippen molar-refractivity contribution in [2.24, 2.45) is 5.10 Å². The maximum absolute atomic E-state index is 4.16. The number of nitrogens with zero attached hydrogens (tertiary/aromatic N) is 4. The molecule has 0 spiro atoms. The van der Waals surface area contributed by atoms with Crippen molar-refractivity contribution in [3.63, 3.8) is 0 Å². The van der Waals surface area contributed by atoms with Gasteiger partial charge in [-0.1, -0.05) is 32.0 Å². The molecule has 112 valence electrons. The van der Waals surface area contributed by atoms with Crippen molar-refractivity contribution in [2.75, 3.05) is 17.4 Å². The van der Waals surface area contributed by atoms with E-state index in [4.69, 9.17) is 0 Å². The molecule has 2 aromatic rings. The van der Waals surface area contributed by atoms with Crippen molar-refractivity contribution in [1.82, 2.24) is 9.97 Å². The van der Waals surface area contributed by atoms with Gasteiger partial charge in [0.2, 0.25) is 5.95 Å². The van der Waals surface area contributed by atoms with Gasteiger partial charge in [-0.25, -0.2) is 15.4 Å². The molecule has 0 aliphatic carbocycles. The third-order valence-electron chi connectivity index (χ3n) is 3.98. The van der Waals surface area contributed by atoms with Crippen LogP contribution in [0.15, 0.2) is 59.6 Å². The summed E-state index contributed by atoms with van der Waals surface area (Å²) in [5.74, 6) is 0.486. The number of rotatable bonds is 3. The van der Waals surface area contributed by atoms with E-state index in [2.05, 4.69) is 70.6 Å². The molecule has 1 aliphatic heterocycles. The average molecular weight is 293 g/mol. The minimum Gasteiger partial charge on any atom is -0.347 e. The number of hydrazone groups is 1. The number of anilines is 2. The zero-order valence-corrected chi connectivity index (χ0v) is 13.0. The molecule has 1 aliphatic rings. The smallest absolute Gasteiger partial charge is 0.243 e. The van der Waals surface area contributed by atoms with Gasteiger partial charge in [0.1, 0.15) is 0 Å². The first-order valence-corrected chi connectivity index (χ1v) is 7.21. The summed E-state index contributed by atoms with van der Waals surface area (Å²) in [6.07, 6.45) is 7.12. The number of allylic oxidation sites excluding steroid dienone is 2. The largest absolute Gasteiger partial charge is 0.347 e. The lowest BCUT2D eigenvalue weighted by molar-refractivity contribution is 0.641. The number of benzene rings is 1. The van der Waals surface area contributed by atoms with E-state index >= 15 is 0 Å². The molecule has 1 aromatic heterocycles. The quantitative estimate of drug-likeness (QED) is 0.697. The van der Waals surface area contributed by atoms with E-state index in [1.165, 1.54) is 16.9 Å². The van der Waals surface area contributed by atoms with Gasteiger partial charge in [0.05, 0.1) is 0 Å². The molecule has 0 saturated heterocycles. The highest BCUT2D eigenvalue weighted by molar-refractivity contribution is 5.79. The summed E-state index contributed by atoms with van der Waals surface area (Å²) in [7, 11) is 2.08. The van der Waals surface area contributed by atoms with Crippen LogP contribution in [0.2, 0.25) is 0 Å². The number of aromatic nitrogens is 2. The number of likely N-dealkylation sites (N-methyl/N-ethyl adjacent to an activating group) is 1. The Hall–Kier alpha value is -2.69. The number of hydrogen-bond acceptors (Lipinski definition) is 5. The van der Waals surface area contributed by atoms with Crippen molar-refractivity contribution in [3.05, 3.63) is 60.1 Å². The number of hydrogen-bond donors (Lipinski definition) is 1. The highest BCUT2D eigenvalue weighted by Crippen LogP contribution is 2.46. The number of nitrogens with one attached hydrogen (secondary N) is 1. The van der Waals surface area contributed by atoms with E-state index in [9.17, 15) is 0 Å². The molecule has 0 atom stereocenters. The molecule has 22 heavy (non-hydrogen) atoms. The van der Waals surface area contributed by atoms with Crippen LogP contribution in [-0.4, -0.2) is 23.2 Å². The molecule has 0 amide bonds. The van der Waals surface area contributed by atoms with Gasteiger partial charge < -0.3 is 4.90 Å². The van der Waals surface area contributed by atoms with Crippen LogP contribution in [0.1, 0.15) is 19.4 Å². The van der Waals surface area contributed by atoms with E-state index in [1.54, 1.807) is 24.7 Å². The Morgan fingerprint density at radius 2 is 1.86 bits per heavy atom. The molecular formula is C17H19N5. The van der Waals surface area contributed by atoms with Crippen LogP contribution in [0.3, 0.4) is 0 Å². The van der Waals surface area contributed by atoms with Gasteiger partial charge in [0.25, 0.3) is 0 Å². The second-order valence-electron chi connectivity index (χ2n) is 5.72. The van der Waals surface area contributed by atoms with Crippen molar-refractivity contribution in [1.29, 1.82) is 0 Å². The maximum atomic E-state index is 4.16. The number of para-hydroxylation sites is 1. The lowest BCUT2D eigenvalue weighted by Crippen LogP contribution is -2.23. The third-order valence-corrected chi connectivity index (χ3v) is 3.98. The van der Waals surface area contributed by atoms with Crippen molar-refractivity contribution in [3.8, 4) is 0 Å². The second-order valence-corrected chi connectivity index (χ2v) is 5.72. The zero-order chi connectivity index (χ0) is 15.6. The predicted molar refractivity (Wildman–Crippen MR) is 90.1 cm³/mol. The van der Waals surface area contributed by atoms with Crippen LogP contribution in [-0.2, 0) is 5.41 Å². The Kier molecular flexibility index (Phi) is 3.63. The van der Waals surface area contributed by atoms with Gasteiger partial charge in [0, 0.05) is 42.5 Å². The summed E-state index contributed by atoms with van der Waals surface area (Å²) in [6.45, 7) is 4.45. The normalized spacial score (nSPS) is 18.0. The Labute approximate surface area is 130 Å². The standard InChI is InChI=1S/C17H19N5/c1-17(2)13-7-4-5-8-14(13)22(3)15(17)9-12-20-21-16-18-10-6-11-19-16/h4-12H,1-3H3,(H,18,19,21). The fourth-order valence-electron chi connectivity index (χ4n) is 2.86. The first kappa shape index (κ1) is 14.3. The molecule has 3 rings (SSSR count). The summed E-state index contributed by atoms with van der Waals surface area (Å²) < 4.78 is 0. The molecule has 0 bridgehead atoms. The molecule has 1 aromatic carbocycles. The van der Waals surface area contributed by atoms with Gasteiger partial charge in [-0.2, -0.15) is 5.10 Å². The van der Waals surface area contributed by atoms with E-state index in [1.807, 2.05) is 6.08 Å². The summed E-state index contributed by atoms with van der Waals surface area (Å²) >= 11 is 0. The maximum Gasteiger partial charge on any atom is 0.243 e. The van der Waals surface area contributed by atoms with Crippen LogP contribution >= 0.6 is 0 Å². The third kappa shape index (κ3) is 2.45. The summed E-state index contributed by atoms with van der Waals surface area (Å²) in [6, 6.07) is 10.2. The van der Waals surface area contributed by atoms with Crippen LogP contribution in [0.4, 0.5) is 11.6 Å². The fourth-order valence-corrected chi connectivity index (χ4v) is 2.86. The zero-order valence-electron chi connectivity index (χ0n) is 13.0. The van der Waals surface area contributed by atoms with Crippen molar-refractivity contribution in [2.45, 2.75) is 19.3 Å². The minimum atomic E-state index is -0.0411. The molecule has 5 nitrogen and oxygen atoms in total. The van der Waals surface area contributed by atoms with Crippen LogP contribution in [0.25, 0.3) is 0 Å². The molecule has 0 unspecified atom stereocenters. The van der Waals surface area contributed by atoms with Crippen LogP contribution in [0, 0.1) is 0 Å². The Bertz CT molecular complexity index is 719. The molecule has 1 N–H and O–H groups in total. The first-order chi connectivity index (χ1) is 10.6. The Morgan fingerprint density at radius 3 is 2.59 bits per heavy atom. The van der Waals surface area contributed by atoms with Gasteiger partial charge in [-0.05, 0) is 23.8 Å². The van der Waals surface area contributed by atoms with E-state index in [0.29, 0.717) is 5.95 Å². The Balaban J connectivity index is 1.80. The van der Waals surface area contributed by atoms with Crippen LogP contribution < -0.4 is 10.3 Å². The number of fused-ring (bicyclic) bond motifs is 1. The predicted octanol–water partition coefficient (Wildman–Crippen LogP) is 3.19. The van der Waals surface area contributed by atoms with Crippen molar-refractivity contribution < 1.29 is 0 Å². The molecule has 0 saturated carbocycles. The summed E-state index contributed by atoms with van der Waals surface area (Å²) in [4.78, 5) is 10.3. The first-order valence-electron chi connectivity index (χ1n) is 7.21. The topological polar surface area (TPSA) is 53.4 Å². The molecular weight excluding hydrogens is 274 g/mol. The average Bonchev–Trinajstić information content (AvgIpc) is 2.73. The fraction of sp³-hybridized carbons (Fsp3) is 0.235. The molecule has 0 fully saturated rings. The molecule has 0 radical (unpaired) electrons. The van der Waals surface area contributed by atoms with Crippen molar-refractivity contribution >= 4 is 17.9 Å². The monoisotopic (exact) mass is 293 g/mol. The Morgan fingerprint density at radius 1 is 1.14 bits per heavy atom. The summed E-state index contributed by atoms with van der Waals surface area (Å²) in [5.41, 5.74) is 6.55. The van der Waals surface area contributed by atoms with Crippen LogP contribution in [0.5, 0.6) is 0 Å². The second kappa shape index (κ2) is 5.60. The SMILES string of the molecule is CN1C(=CC=NNc2ncccn2)C(C)(C)c2ccccc21. The molecule has 5 heteroatoms. The van der Waals surface area contributed by atoms with Gasteiger partial charge in [-0.3, -0.25) is 0 Å². The van der Waals surface area contributed by atoms with Gasteiger partial charge >= 0.3 is 0 Å². The highest BCUT2D eigenvalue weighted by atomic mass is 15.3. The lowest BCUT2D eigenvalue weighted by atomic mass is 9.84. The lowest BCUT2D eigenvalue weighted by Gasteiger charge is -2.23. The van der Waals surface area contributed by atoms with Gasteiger partial charge in [0.15, 0.2) is 0 Å². The van der Waals surface area contributed by atoms with E-state index in [0.717, 1.165) is 0 Å². The summed E-state index contributed by atoms with van der Waals surface area (Å²) in [5, 5.41) is 4.16. The molecule has 2 heterocycles. The van der Waals surface area contributed by atoms with Gasteiger partial charge in [-0.15, -0.1) is 0 Å². The van der Waals surface area contributed by atoms with E-state index in [-0.39, 0.29) is 5.41 Å².